The summed E-state index contributed by atoms with van der Waals surface area (Å²) < 4.78 is 2.39. The summed E-state index contributed by atoms with van der Waals surface area (Å²) in [6.07, 6.45) is 0. The van der Waals surface area contributed by atoms with E-state index >= 15 is 0 Å². The summed E-state index contributed by atoms with van der Waals surface area (Å²) in [5.41, 5.74) is 21.9. The maximum Gasteiger partial charge on any atom is 0.0726 e. The fourth-order valence-electron chi connectivity index (χ4n) is 10.9. The average molecular weight is 801 g/mol. The van der Waals surface area contributed by atoms with Gasteiger partial charge in [0.15, 0.2) is 0 Å². The summed E-state index contributed by atoms with van der Waals surface area (Å²) in [5, 5.41) is 2.52. The van der Waals surface area contributed by atoms with Gasteiger partial charge in [0.05, 0.1) is 16.4 Å². The Labute approximate surface area is 367 Å². The van der Waals surface area contributed by atoms with Crippen LogP contribution in [0.1, 0.15) is 22.3 Å². The summed E-state index contributed by atoms with van der Waals surface area (Å²) in [6, 6.07) is 89.4. The smallest absolute Gasteiger partial charge is 0.0726 e. The molecule has 11 aromatic rings. The molecule has 2 aliphatic rings. The average Bonchev–Trinajstić information content (AvgIpc) is 3.96. The molecule has 1 spiro atoms. The van der Waals surface area contributed by atoms with Gasteiger partial charge in [-0.25, -0.2) is 0 Å². The third-order valence-electron chi connectivity index (χ3n) is 13.6. The van der Waals surface area contributed by atoms with Crippen molar-refractivity contribution in [1.82, 2.24) is 4.57 Å². The van der Waals surface area contributed by atoms with Crippen LogP contribution in [0.15, 0.2) is 243 Å². The van der Waals surface area contributed by atoms with E-state index in [4.69, 9.17) is 0 Å². The lowest BCUT2D eigenvalue weighted by Gasteiger charge is -2.32. The minimum Gasteiger partial charge on any atom is -0.310 e. The first-order valence-electron chi connectivity index (χ1n) is 21.8. The van der Waals surface area contributed by atoms with E-state index in [0.717, 1.165) is 22.7 Å². The van der Waals surface area contributed by atoms with Gasteiger partial charge in [-0.15, -0.1) is 0 Å². The molecule has 0 N–H and O–H groups in total. The molecule has 0 aliphatic heterocycles. The second-order valence-corrected chi connectivity index (χ2v) is 16.8. The highest BCUT2D eigenvalue weighted by Crippen LogP contribution is 2.63. The summed E-state index contributed by atoms with van der Waals surface area (Å²) in [5.74, 6) is 0. The van der Waals surface area contributed by atoms with Gasteiger partial charge in [-0.2, -0.15) is 0 Å². The number of rotatable bonds is 6. The first-order chi connectivity index (χ1) is 31.3. The Bertz CT molecular complexity index is 3500. The molecule has 0 atom stereocenters. The number of nitrogens with zero attached hydrogens (tertiary/aromatic N) is 2. The van der Waals surface area contributed by atoms with Crippen LogP contribution in [-0.2, 0) is 5.41 Å². The number of benzene rings is 10. The van der Waals surface area contributed by atoms with E-state index in [1.54, 1.807) is 0 Å². The zero-order valence-electron chi connectivity index (χ0n) is 34.5. The van der Waals surface area contributed by atoms with Crippen molar-refractivity contribution >= 4 is 38.9 Å². The molecule has 1 heterocycles. The highest BCUT2D eigenvalue weighted by atomic mass is 15.1. The van der Waals surface area contributed by atoms with E-state index in [9.17, 15) is 0 Å². The molecule has 0 saturated carbocycles. The van der Waals surface area contributed by atoms with Crippen LogP contribution in [0, 0.1) is 0 Å². The van der Waals surface area contributed by atoms with Crippen molar-refractivity contribution in [3.63, 3.8) is 0 Å². The fraction of sp³-hybridized carbons (Fsp3) is 0.0164. The first kappa shape index (κ1) is 35.5. The van der Waals surface area contributed by atoms with E-state index in [1.807, 2.05) is 0 Å². The Morgan fingerprint density at radius 1 is 0.286 bits per heavy atom. The van der Waals surface area contributed by atoms with Gasteiger partial charge in [0.2, 0.25) is 0 Å². The van der Waals surface area contributed by atoms with Crippen LogP contribution in [-0.4, -0.2) is 4.57 Å². The monoisotopic (exact) mass is 800 g/mol. The Morgan fingerprint density at radius 3 is 1.46 bits per heavy atom. The molecule has 0 unspecified atom stereocenters. The van der Waals surface area contributed by atoms with Gasteiger partial charge in [-0.3, -0.25) is 0 Å². The van der Waals surface area contributed by atoms with Crippen molar-refractivity contribution in [1.29, 1.82) is 0 Å². The standard InChI is InChI=1S/C61H40N2/c1-3-18-45(19-4-1)62(48-35-37-52-51-24-9-13-28-57(51)61(58(52)40-48)55-26-11-7-22-49(55)50-23-8-12-27-56(50)61)47-33-30-41(31-34-47)42-16-15-17-43(38-42)44-32-36-54-53-25-10-14-29-59(53)63(60(54)39-44)46-20-5-2-6-21-46/h1-40H. The third-order valence-corrected chi connectivity index (χ3v) is 13.6. The lowest BCUT2D eigenvalue weighted by Crippen LogP contribution is -2.26. The quantitative estimate of drug-likeness (QED) is 0.163. The van der Waals surface area contributed by atoms with Crippen LogP contribution in [0.25, 0.3) is 72.0 Å². The molecule has 2 nitrogen and oxygen atoms in total. The number of fused-ring (bicyclic) bond motifs is 13. The zero-order chi connectivity index (χ0) is 41.5. The van der Waals surface area contributed by atoms with Crippen molar-refractivity contribution in [2.24, 2.45) is 0 Å². The number of hydrogen-bond donors (Lipinski definition) is 0. The Morgan fingerprint density at radius 2 is 0.778 bits per heavy atom. The van der Waals surface area contributed by atoms with E-state index in [2.05, 4.69) is 252 Å². The van der Waals surface area contributed by atoms with E-state index in [-0.39, 0.29) is 0 Å². The van der Waals surface area contributed by atoms with Crippen LogP contribution < -0.4 is 4.90 Å². The molecule has 1 aromatic heterocycles. The topological polar surface area (TPSA) is 8.17 Å². The Kier molecular flexibility index (Phi) is 7.85. The lowest BCUT2D eigenvalue weighted by atomic mass is 9.70. The van der Waals surface area contributed by atoms with Crippen LogP contribution in [0.2, 0.25) is 0 Å². The molecular weight excluding hydrogens is 761 g/mol. The maximum absolute atomic E-state index is 2.46. The van der Waals surface area contributed by atoms with Gasteiger partial charge in [0, 0.05) is 33.5 Å². The highest BCUT2D eigenvalue weighted by molar-refractivity contribution is 6.10. The molecule has 10 aromatic carbocycles. The molecule has 0 saturated heterocycles. The summed E-state index contributed by atoms with van der Waals surface area (Å²) in [6.45, 7) is 0. The van der Waals surface area contributed by atoms with Gasteiger partial charge in [0.25, 0.3) is 0 Å². The van der Waals surface area contributed by atoms with E-state index < -0.39 is 5.41 Å². The van der Waals surface area contributed by atoms with Gasteiger partial charge >= 0.3 is 0 Å². The van der Waals surface area contributed by atoms with Crippen molar-refractivity contribution < 1.29 is 0 Å². The zero-order valence-corrected chi connectivity index (χ0v) is 34.5. The Hall–Kier alpha value is -8.20. The number of aromatic nitrogens is 1. The minimum atomic E-state index is -0.408. The van der Waals surface area contributed by atoms with Crippen molar-refractivity contribution in [3.8, 4) is 50.2 Å². The summed E-state index contributed by atoms with van der Waals surface area (Å²) in [7, 11) is 0. The molecular formula is C61H40N2. The first-order valence-corrected chi connectivity index (χ1v) is 21.8. The SMILES string of the molecule is c1ccc(N(c2ccc(-c3cccc(-c4ccc5c6ccccc6n(-c6ccccc6)c5c4)c3)cc2)c2ccc3c(c2)C2(c4ccccc4-c4ccccc42)c2ccccc2-3)cc1. The second kappa shape index (κ2) is 13.9. The van der Waals surface area contributed by atoms with Gasteiger partial charge in [-0.1, -0.05) is 176 Å². The minimum absolute atomic E-state index is 0.408. The van der Waals surface area contributed by atoms with Crippen molar-refractivity contribution in [3.05, 3.63) is 265 Å². The van der Waals surface area contributed by atoms with Crippen LogP contribution >= 0.6 is 0 Å². The van der Waals surface area contributed by atoms with Crippen molar-refractivity contribution in [2.75, 3.05) is 4.90 Å². The molecule has 0 fully saturated rings. The van der Waals surface area contributed by atoms with E-state index in [0.29, 0.717) is 0 Å². The van der Waals surface area contributed by atoms with Gasteiger partial charge in [0.1, 0.15) is 0 Å². The second-order valence-electron chi connectivity index (χ2n) is 16.8. The number of anilines is 3. The molecule has 63 heavy (non-hydrogen) atoms. The highest BCUT2D eigenvalue weighted by Gasteiger charge is 2.51. The van der Waals surface area contributed by atoms with Crippen LogP contribution in [0.3, 0.4) is 0 Å². The molecule has 0 radical (unpaired) electrons. The normalized spacial score (nSPS) is 12.9. The molecule has 13 rings (SSSR count). The number of hydrogen-bond acceptors (Lipinski definition) is 1. The maximum atomic E-state index is 2.46. The number of para-hydroxylation sites is 3. The molecule has 2 heteroatoms. The van der Waals surface area contributed by atoms with Crippen LogP contribution in [0.4, 0.5) is 17.1 Å². The predicted octanol–water partition coefficient (Wildman–Crippen LogP) is 15.9. The molecule has 2 aliphatic carbocycles. The lowest BCUT2D eigenvalue weighted by molar-refractivity contribution is 0.793. The largest absolute Gasteiger partial charge is 0.310 e. The fourth-order valence-corrected chi connectivity index (χ4v) is 10.9. The Balaban J connectivity index is 0.908. The van der Waals surface area contributed by atoms with Crippen LogP contribution in [0.5, 0.6) is 0 Å². The molecule has 0 amide bonds. The van der Waals surface area contributed by atoms with Crippen molar-refractivity contribution in [2.45, 2.75) is 5.41 Å². The predicted molar refractivity (Wildman–Crippen MR) is 263 cm³/mol. The summed E-state index contributed by atoms with van der Waals surface area (Å²) >= 11 is 0. The van der Waals surface area contributed by atoms with Gasteiger partial charge < -0.3 is 9.47 Å². The van der Waals surface area contributed by atoms with Gasteiger partial charge in [-0.05, 0) is 133 Å². The van der Waals surface area contributed by atoms with E-state index in [1.165, 1.54) is 88.6 Å². The third kappa shape index (κ3) is 5.25. The molecule has 294 valence electrons. The summed E-state index contributed by atoms with van der Waals surface area (Å²) in [4.78, 5) is 2.41. The molecule has 0 bridgehead atoms.